The van der Waals surface area contributed by atoms with Crippen molar-refractivity contribution in [1.82, 2.24) is 9.47 Å². The van der Waals surface area contributed by atoms with E-state index in [-0.39, 0.29) is 11.9 Å². The average Bonchev–Trinajstić information content (AvgIpc) is 2.86. The number of amides is 1. The molecular weight excluding hydrogens is 284 g/mol. The lowest BCUT2D eigenvalue weighted by molar-refractivity contribution is 0.0714. The SMILES string of the molecule is CCn1c(C)cc(C(=O)N(C)[C@@H]2CCCc3ccccc32)c1C. The number of benzene rings is 1. The smallest absolute Gasteiger partial charge is 0.255 e. The van der Waals surface area contributed by atoms with Crippen molar-refractivity contribution in [2.24, 2.45) is 0 Å². The molecule has 1 aromatic heterocycles. The minimum Gasteiger partial charge on any atom is -0.349 e. The van der Waals surface area contributed by atoms with Crippen molar-refractivity contribution < 1.29 is 4.79 Å². The molecule has 1 aliphatic carbocycles. The molecule has 1 aliphatic rings. The van der Waals surface area contributed by atoms with Gasteiger partial charge in [-0.1, -0.05) is 24.3 Å². The van der Waals surface area contributed by atoms with Crippen LogP contribution in [0.15, 0.2) is 30.3 Å². The van der Waals surface area contributed by atoms with E-state index in [1.807, 2.05) is 24.9 Å². The van der Waals surface area contributed by atoms with E-state index in [2.05, 4.69) is 42.7 Å². The van der Waals surface area contributed by atoms with Crippen molar-refractivity contribution in [3.05, 3.63) is 58.4 Å². The van der Waals surface area contributed by atoms with Crippen LogP contribution in [0.3, 0.4) is 0 Å². The highest BCUT2D eigenvalue weighted by atomic mass is 16.2. The molecule has 0 bridgehead atoms. The molecule has 2 aromatic rings. The van der Waals surface area contributed by atoms with Crippen LogP contribution in [0.2, 0.25) is 0 Å². The third kappa shape index (κ3) is 2.69. The fourth-order valence-corrected chi connectivity index (χ4v) is 3.97. The lowest BCUT2D eigenvalue weighted by Crippen LogP contribution is -2.33. The summed E-state index contributed by atoms with van der Waals surface area (Å²) >= 11 is 0. The minimum atomic E-state index is 0.138. The van der Waals surface area contributed by atoms with Gasteiger partial charge in [0, 0.05) is 25.0 Å². The van der Waals surface area contributed by atoms with Gasteiger partial charge in [-0.3, -0.25) is 4.79 Å². The molecule has 0 saturated heterocycles. The maximum Gasteiger partial charge on any atom is 0.255 e. The fourth-order valence-electron chi connectivity index (χ4n) is 3.97. The topological polar surface area (TPSA) is 25.2 Å². The molecule has 0 saturated carbocycles. The molecule has 0 N–H and O–H groups in total. The first-order chi connectivity index (χ1) is 11.0. The highest BCUT2D eigenvalue weighted by molar-refractivity contribution is 5.95. The van der Waals surface area contributed by atoms with Crippen LogP contribution in [-0.4, -0.2) is 22.4 Å². The van der Waals surface area contributed by atoms with Gasteiger partial charge in [-0.25, -0.2) is 0 Å². The van der Waals surface area contributed by atoms with E-state index in [1.54, 1.807) is 0 Å². The first-order valence-corrected chi connectivity index (χ1v) is 8.56. The van der Waals surface area contributed by atoms with Crippen LogP contribution in [0.1, 0.15) is 58.7 Å². The Bertz CT molecular complexity index is 729. The fraction of sp³-hybridized carbons (Fsp3) is 0.450. The van der Waals surface area contributed by atoms with Crippen LogP contribution in [0.5, 0.6) is 0 Å². The monoisotopic (exact) mass is 310 g/mol. The first kappa shape index (κ1) is 15.9. The summed E-state index contributed by atoms with van der Waals surface area (Å²) in [4.78, 5) is 15.0. The Morgan fingerprint density at radius 1 is 1.30 bits per heavy atom. The van der Waals surface area contributed by atoms with Crippen LogP contribution >= 0.6 is 0 Å². The second-order valence-electron chi connectivity index (χ2n) is 6.55. The second kappa shape index (κ2) is 6.23. The lowest BCUT2D eigenvalue weighted by atomic mass is 9.87. The Hall–Kier alpha value is -2.03. The summed E-state index contributed by atoms with van der Waals surface area (Å²) < 4.78 is 2.20. The molecule has 3 nitrogen and oxygen atoms in total. The van der Waals surface area contributed by atoms with Crippen LogP contribution < -0.4 is 0 Å². The van der Waals surface area contributed by atoms with E-state index < -0.39 is 0 Å². The van der Waals surface area contributed by atoms with Gasteiger partial charge in [0.1, 0.15) is 0 Å². The Labute approximate surface area is 138 Å². The number of carbonyl (C=O) groups excluding carboxylic acids is 1. The highest BCUT2D eigenvalue weighted by Crippen LogP contribution is 2.34. The number of aromatic nitrogens is 1. The van der Waals surface area contributed by atoms with Crippen molar-refractivity contribution in [3.63, 3.8) is 0 Å². The number of fused-ring (bicyclic) bond motifs is 1. The zero-order chi connectivity index (χ0) is 16.6. The summed E-state index contributed by atoms with van der Waals surface area (Å²) in [5, 5.41) is 0. The molecule has 0 fully saturated rings. The lowest BCUT2D eigenvalue weighted by Gasteiger charge is -2.33. The van der Waals surface area contributed by atoms with E-state index >= 15 is 0 Å². The van der Waals surface area contributed by atoms with Gasteiger partial charge >= 0.3 is 0 Å². The van der Waals surface area contributed by atoms with Crippen LogP contribution in [-0.2, 0) is 13.0 Å². The van der Waals surface area contributed by atoms with Gasteiger partial charge in [0.25, 0.3) is 5.91 Å². The van der Waals surface area contributed by atoms with Crippen molar-refractivity contribution in [1.29, 1.82) is 0 Å². The van der Waals surface area contributed by atoms with Gasteiger partial charge in [-0.15, -0.1) is 0 Å². The average molecular weight is 310 g/mol. The van der Waals surface area contributed by atoms with Crippen molar-refractivity contribution in [2.45, 2.75) is 52.6 Å². The summed E-state index contributed by atoms with van der Waals surface area (Å²) in [6.07, 6.45) is 3.32. The third-order valence-electron chi connectivity index (χ3n) is 5.25. The number of rotatable bonds is 3. The first-order valence-electron chi connectivity index (χ1n) is 8.56. The molecular formula is C20H26N2O. The Morgan fingerprint density at radius 3 is 2.74 bits per heavy atom. The molecule has 1 aromatic carbocycles. The molecule has 3 rings (SSSR count). The predicted molar refractivity (Wildman–Crippen MR) is 93.8 cm³/mol. The van der Waals surface area contributed by atoms with Gasteiger partial charge < -0.3 is 9.47 Å². The number of hydrogen-bond acceptors (Lipinski definition) is 1. The Kier molecular flexibility index (Phi) is 4.29. The largest absolute Gasteiger partial charge is 0.349 e. The molecule has 1 heterocycles. The quantitative estimate of drug-likeness (QED) is 0.831. The van der Waals surface area contributed by atoms with E-state index in [9.17, 15) is 4.79 Å². The molecule has 23 heavy (non-hydrogen) atoms. The molecule has 1 amide bonds. The van der Waals surface area contributed by atoms with Crippen LogP contribution in [0.25, 0.3) is 0 Å². The van der Waals surface area contributed by atoms with E-state index in [4.69, 9.17) is 0 Å². The molecule has 1 atom stereocenters. The third-order valence-corrected chi connectivity index (χ3v) is 5.25. The van der Waals surface area contributed by atoms with Crippen molar-refractivity contribution >= 4 is 5.91 Å². The zero-order valence-corrected chi connectivity index (χ0v) is 14.6. The highest BCUT2D eigenvalue weighted by Gasteiger charge is 2.28. The number of hydrogen-bond donors (Lipinski definition) is 0. The van der Waals surface area contributed by atoms with E-state index in [1.165, 1.54) is 11.1 Å². The molecule has 0 unspecified atom stereocenters. The normalized spacial score (nSPS) is 17.0. The van der Waals surface area contributed by atoms with Crippen molar-refractivity contribution in [2.75, 3.05) is 7.05 Å². The van der Waals surface area contributed by atoms with Gasteiger partial charge in [0.05, 0.1) is 11.6 Å². The summed E-state index contributed by atoms with van der Waals surface area (Å²) in [6, 6.07) is 10.8. The maximum atomic E-state index is 13.1. The van der Waals surface area contributed by atoms with Crippen LogP contribution in [0, 0.1) is 13.8 Å². The Balaban J connectivity index is 1.92. The molecule has 0 aliphatic heterocycles. The summed E-state index contributed by atoms with van der Waals surface area (Å²) in [5.74, 6) is 0.138. The summed E-state index contributed by atoms with van der Waals surface area (Å²) in [6.45, 7) is 7.14. The summed E-state index contributed by atoms with van der Waals surface area (Å²) in [7, 11) is 1.95. The molecule has 0 radical (unpaired) electrons. The number of aryl methyl sites for hydroxylation is 2. The molecule has 0 spiro atoms. The summed E-state index contributed by atoms with van der Waals surface area (Å²) in [5.41, 5.74) is 5.79. The molecule has 3 heteroatoms. The van der Waals surface area contributed by atoms with Gasteiger partial charge in [-0.05, 0) is 57.2 Å². The van der Waals surface area contributed by atoms with Gasteiger partial charge in [0.2, 0.25) is 0 Å². The second-order valence-corrected chi connectivity index (χ2v) is 6.55. The van der Waals surface area contributed by atoms with Crippen LogP contribution in [0.4, 0.5) is 0 Å². The minimum absolute atomic E-state index is 0.138. The standard InChI is InChI=1S/C20H26N2O/c1-5-22-14(2)13-18(15(22)3)20(23)21(4)19-12-8-10-16-9-6-7-11-17(16)19/h6-7,9,11,13,19H,5,8,10,12H2,1-4H3/t19-/m1/s1. The van der Waals surface area contributed by atoms with Gasteiger partial charge in [-0.2, -0.15) is 0 Å². The predicted octanol–water partition coefficient (Wildman–Crippen LogP) is 4.27. The number of carbonyl (C=O) groups is 1. The zero-order valence-electron chi connectivity index (χ0n) is 14.6. The van der Waals surface area contributed by atoms with Gasteiger partial charge in [0.15, 0.2) is 0 Å². The van der Waals surface area contributed by atoms with E-state index in [0.29, 0.717) is 0 Å². The molecule has 122 valence electrons. The Morgan fingerprint density at radius 2 is 2.04 bits per heavy atom. The van der Waals surface area contributed by atoms with E-state index in [0.717, 1.165) is 42.8 Å². The number of nitrogens with zero attached hydrogens (tertiary/aromatic N) is 2. The van der Waals surface area contributed by atoms with Crippen molar-refractivity contribution in [3.8, 4) is 0 Å². The maximum absolute atomic E-state index is 13.1.